The molecule has 6 heteroatoms. The maximum Gasteiger partial charge on any atom is 0.141 e. The molecule has 1 aliphatic carbocycles. The number of aromatic nitrogens is 2. The van der Waals surface area contributed by atoms with Gasteiger partial charge in [-0.25, -0.2) is 9.97 Å². The molecule has 2 saturated heterocycles. The molecule has 2 fully saturated rings. The fraction of sp³-hybridized carbons (Fsp3) is 0.684. The number of piperazine rings is 1. The molecule has 0 saturated carbocycles. The van der Waals surface area contributed by atoms with Crippen LogP contribution in [0.25, 0.3) is 10.2 Å². The summed E-state index contributed by atoms with van der Waals surface area (Å²) in [6, 6.07) is 0.690. The van der Waals surface area contributed by atoms with Crippen LogP contribution in [0.1, 0.15) is 30.2 Å². The Bertz CT molecular complexity index is 765. The van der Waals surface area contributed by atoms with Crippen LogP contribution in [0.2, 0.25) is 0 Å². The Morgan fingerprint density at radius 2 is 2.00 bits per heavy atom. The lowest BCUT2D eigenvalue weighted by Crippen LogP contribution is -2.50. The molecule has 5 rings (SSSR count). The van der Waals surface area contributed by atoms with E-state index in [1.165, 1.54) is 74.4 Å². The highest BCUT2D eigenvalue weighted by Crippen LogP contribution is 2.40. The molecule has 25 heavy (non-hydrogen) atoms. The second kappa shape index (κ2) is 6.49. The van der Waals surface area contributed by atoms with Crippen LogP contribution < -0.4 is 4.90 Å². The highest BCUT2D eigenvalue weighted by Gasteiger charge is 2.32. The number of hydrogen-bond acceptors (Lipinski definition) is 6. The van der Waals surface area contributed by atoms with Crippen molar-refractivity contribution in [3.8, 4) is 0 Å². The number of nitrogens with zero attached hydrogens (tertiary/aromatic N) is 5. The topological polar surface area (TPSA) is 35.5 Å². The first-order chi connectivity index (χ1) is 12.3. The molecule has 0 N–H and O–H groups in total. The highest BCUT2D eigenvalue weighted by atomic mass is 32.1. The van der Waals surface area contributed by atoms with E-state index in [0.29, 0.717) is 6.04 Å². The fourth-order valence-corrected chi connectivity index (χ4v) is 6.05. The van der Waals surface area contributed by atoms with E-state index in [-0.39, 0.29) is 0 Å². The van der Waals surface area contributed by atoms with Crippen molar-refractivity contribution in [2.75, 3.05) is 50.7 Å². The van der Waals surface area contributed by atoms with Gasteiger partial charge in [-0.05, 0) is 37.8 Å². The number of anilines is 1. The first-order valence-electron chi connectivity index (χ1n) is 9.80. The molecule has 2 aromatic rings. The van der Waals surface area contributed by atoms with Gasteiger partial charge in [0.2, 0.25) is 0 Å². The van der Waals surface area contributed by atoms with E-state index in [9.17, 15) is 0 Å². The van der Waals surface area contributed by atoms with Crippen LogP contribution >= 0.6 is 11.3 Å². The summed E-state index contributed by atoms with van der Waals surface area (Å²) < 4.78 is 0. The Kier molecular flexibility index (Phi) is 4.14. The molecule has 1 atom stereocenters. The maximum atomic E-state index is 4.74. The van der Waals surface area contributed by atoms with E-state index in [2.05, 4.69) is 26.6 Å². The molecule has 2 aromatic heterocycles. The molecule has 1 unspecified atom stereocenters. The SMILES string of the molecule is CCN1CCN(C2CCN(c3ncnc4sc5c(c34)CCC5)C2)CC1. The minimum absolute atomic E-state index is 0.690. The third-order valence-electron chi connectivity index (χ3n) is 6.31. The minimum Gasteiger partial charge on any atom is -0.354 e. The van der Waals surface area contributed by atoms with Crippen molar-refractivity contribution in [1.29, 1.82) is 0 Å². The van der Waals surface area contributed by atoms with Crippen LogP contribution in [0.15, 0.2) is 6.33 Å². The molecule has 4 heterocycles. The normalized spacial score (nSPS) is 25.2. The smallest absolute Gasteiger partial charge is 0.141 e. The zero-order valence-corrected chi connectivity index (χ0v) is 15.9. The van der Waals surface area contributed by atoms with Crippen molar-refractivity contribution in [1.82, 2.24) is 19.8 Å². The van der Waals surface area contributed by atoms with Crippen molar-refractivity contribution in [3.63, 3.8) is 0 Å². The van der Waals surface area contributed by atoms with Gasteiger partial charge in [0.25, 0.3) is 0 Å². The van der Waals surface area contributed by atoms with Gasteiger partial charge in [0.05, 0.1) is 5.39 Å². The van der Waals surface area contributed by atoms with E-state index in [4.69, 9.17) is 4.98 Å². The summed E-state index contributed by atoms with van der Waals surface area (Å²) in [7, 11) is 0. The van der Waals surface area contributed by atoms with Gasteiger partial charge in [-0.1, -0.05) is 6.92 Å². The van der Waals surface area contributed by atoms with Crippen LogP contribution in [0.4, 0.5) is 5.82 Å². The van der Waals surface area contributed by atoms with Crippen molar-refractivity contribution < 1.29 is 0 Å². The number of likely N-dealkylation sites (N-methyl/N-ethyl adjacent to an activating group) is 1. The van der Waals surface area contributed by atoms with Crippen LogP contribution in [0.3, 0.4) is 0 Å². The van der Waals surface area contributed by atoms with Gasteiger partial charge < -0.3 is 9.80 Å². The third kappa shape index (κ3) is 2.75. The quantitative estimate of drug-likeness (QED) is 0.843. The van der Waals surface area contributed by atoms with E-state index >= 15 is 0 Å². The molecule has 0 spiro atoms. The molecule has 0 amide bonds. The average Bonchev–Trinajstić information content (AvgIpc) is 3.37. The Morgan fingerprint density at radius 3 is 2.84 bits per heavy atom. The molecule has 134 valence electrons. The number of hydrogen-bond donors (Lipinski definition) is 0. The average molecular weight is 358 g/mol. The largest absolute Gasteiger partial charge is 0.354 e. The first kappa shape index (κ1) is 16.0. The number of rotatable bonds is 3. The van der Waals surface area contributed by atoms with Gasteiger partial charge in [-0.15, -0.1) is 11.3 Å². The standard InChI is InChI=1S/C19H27N5S/c1-2-22-8-10-23(11-9-22)14-6-7-24(12-14)18-17-15-4-3-5-16(15)25-19(17)21-13-20-18/h13-14H,2-12H2,1H3. The summed E-state index contributed by atoms with van der Waals surface area (Å²) >= 11 is 1.90. The van der Waals surface area contributed by atoms with Crippen molar-refractivity contribution in [3.05, 3.63) is 16.8 Å². The Hall–Kier alpha value is -1.24. The van der Waals surface area contributed by atoms with E-state index in [1.54, 1.807) is 16.8 Å². The summed E-state index contributed by atoms with van der Waals surface area (Å²) in [5.41, 5.74) is 1.55. The third-order valence-corrected chi connectivity index (χ3v) is 7.51. The second-order valence-electron chi connectivity index (χ2n) is 7.59. The van der Waals surface area contributed by atoms with Crippen molar-refractivity contribution in [2.45, 2.75) is 38.6 Å². The van der Waals surface area contributed by atoms with Gasteiger partial charge >= 0.3 is 0 Å². The van der Waals surface area contributed by atoms with Crippen LogP contribution in [-0.4, -0.2) is 71.6 Å². The Morgan fingerprint density at radius 1 is 1.12 bits per heavy atom. The van der Waals surface area contributed by atoms with E-state index in [1.807, 2.05) is 11.3 Å². The molecule has 0 bridgehead atoms. The van der Waals surface area contributed by atoms with Crippen molar-refractivity contribution in [2.24, 2.45) is 0 Å². The molecule has 3 aliphatic rings. The molecule has 2 aliphatic heterocycles. The lowest BCUT2D eigenvalue weighted by atomic mass is 10.2. The molecular formula is C19H27N5S. The minimum atomic E-state index is 0.690. The van der Waals surface area contributed by atoms with Gasteiger partial charge in [-0.2, -0.15) is 0 Å². The maximum absolute atomic E-state index is 4.74. The summed E-state index contributed by atoms with van der Waals surface area (Å²) in [6.07, 6.45) is 6.79. The predicted molar refractivity (Wildman–Crippen MR) is 104 cm³/mol. The van der Waals surface area contributed by atoms with Gasteiger partial charge in [0.15, 0.2) is 0 Å². The lowest BCUT2D eigenvalue weighted by Gasteiger charge is -2.37. The van der Waals surface area contributed by atoms with Gasteiger partial charge in [0.1, 0.15) is 17.0 Å². The van der Waals surface area contributed by atoms with E-state index in [0.717, 1.165) is 13.1 Å². The Balaban J connectivity index is 1.36. The number of aryl methyl sites for hydroxylation is 2. The molecule has 5 nitrogen and oxygen atoms in total. The van der Waals surface area contributed by atoms with Gasteiger partial charge in [0, 0.05) is 50.2 Å². The number of fused-ring (bicyclic) bond motifs is 3. The highest BCUT2D eigenvalue weighted by molar-refractivity contribution is 7.19. The van der Waals surface area contributed by atoms with Crippen molar-refractivity contribution >= 4 is 27.4 Å². The number of thiophene rings is 1. The van der Waals surface area contributed by atoms with Crippen LogP contribution in [-0.2, 0) is 12.8 Å². The second-order valence-corrected chi connectivity index (χ2v) is 8.68. The monoisotopic (exact) mass is 357 g/mol. The van der Waals surface area contributed by atoms with E-state index < -0.39 is 0 Å². The summed E-state index contributed by atoms with van der Waals surface area (Å²) in [4.78, 5) is 19.9. The Labute approximate surface area is 153 Å². The van der Waals surface area contributed by atoms with Crippen LogP contribution in [0, 0.1) is 0 Å². The fourth-order valence-electron chi connectivity index (χ4n) is 4.83. The molecule has 0 aromatic carbocycles. The lowest BCUT2D eigenvalue weighted by molar-refractivity contribution is 0.107. The van der Waals surface area contributed by atoms with Gasteiger partial charge in [-0.3, -0.25) is 4.90 Å². The zero-order valence-electron chi connectivity index (χ0n) is 15.1. The molecular weight excluding hydrogens is 330 g/mol. The molecule has 0 radical (unpaired) electrons. The summed E-state index contributed by atoms with van der Waals surface area (Å²) in [5, 5.41) is 1.37. The predicted octanol–water partition coefficient (Wildman–Crippen LogP) is 2.40. The zero-order chi connectivity index (χ0) is 16.8. The first-order valence-corrected chi connectivity index (χ1v) is 10.6. The summed E-state index contributed by atoms with van der Waals surface area (Å²) in [6.45, 7) is 10.6. The van der Waals surface area contributed by atoms with Crippen LogP contribution in [0.5, 0.6) is 0 Å². The summed E-state index contributed by atoms with van der Waals surface area (Å²) in [5.74, 6) is 1.21.